The first-order valence-corrected chi connectivity index (χ1v) is 4.93. The highest BCUT2D eigenvalue weighted by molar-refractivity contribution is 7.60. The molecule has 0 aliphatic rings. The zero-order valence-electron chi connectivity index (χ0n) is 6.71. The van der Waals surface area contributed by atoms with Crippen molar-refractivity contribution in [2.45, 2.75) is 0 Å². The van der Waals surface area contributed by atoms with E-state index in [0.717, 1.165) is 0 Å². The van der Waals surface area contributed by atoms with Crippen molar-refractivity contribution in [1.29, 1.82) is 0 Å². The third-order valence-electron chi connectivity index (χ3n) is 1.08. The normalized spacial score (nSPS) is 9.38. The lowest BCUT2D eigenvalue weighted by Crippen LogP contribution is -2.12. The molecule has 0 heterocycles. The van der Waals surface area contributed by atoms with E-state index >= 15 is 0 Å². The van der Waals surface area contributed by atoms with E-state index in [9.17, 15) is 4.57 Å². The van der Waals surface area contributed by atoms with Gasteiger partial charge in [-0.1, -0.05) is 18.2 Å². The van der Waals surface area contributed by atoms with Crippen molar-refractivity contribution >= 4 is 38.1 Å². The van der Waals surface area contributed by atoms with E-state index in [0.29, 0.717) is 5.69 Å². The fourth-order valence-electron chi connectivity index (χ4n) is 0.714. The van der Waals surface area contributed by atoms with Gasteiger partial charge in [-0.3, -0.25) is 15.6 Å². The number of hydrogen-bond donors (Lipinski definition) is 3. The summed E-state index contributed by atoms with van der Waals surface area (Å²) in [6, 6.07) is 8.94. The summed E-state index contributed by atoms with van der Waals surface area (Å²) < 4.78 is 10.8. The topological polar surface area (TPSA) is 81.1 Å². The minimum Gasteiger partial charge on any atom is -0.313 e. The van der Waals surface area contributed by atoms with Crippen molar-refractivity contribution in [3.63, 3.8) is 0 Å². The van der Waals surface area contributed by atoms with E-state index in [4.69, 9.17) is 11.0 Å². The summed E-state index contributed by atoms with van der Waals surface area (Å²) in [6.45, 7) is 0. The number of hydrogen-bond acceptors (Lipinski definition) is 1. The highest BCUT2D eigenvalue weighted by Crippen LogP contribution is 2.26. The first-order chi connectivity index (χ1) is 5.08. The van der Waals surface area contributed by atoms with Gasteiger partial charge in [-0.15, -0.1) is 24.8 Å². The van der Waals surface area contributed by atoms with Gasteiger partial charge < -0.3 is 5.09 Å². The molecule has 0 aliphatic carbocycles. The number of halogens is 2. The molecule has 7 heteroatoms. The van der Waals surface area contributed by atoms with E-state index in [1.54, 1.807) is 24.3 Å². The van der Waals surface area contributed by atoms with E-state index in [2.05, 4.69) is 5.09 Å². The minimum absolute atomic E-state index is 0. The summed E-state index contributed by atoms with van der Waals surface area (Å²) in [5.74, 6) is 0. The molecule has 0 aliphatic heterocycles. The van der Waals surface area contributed by atoms with Crippen molar-refractivity contribution in [2.24, 2.45) is 11.0 Å². The van der Waals surface area contributed by atoms with Crippen LogP contribution in [0.4, 0.5) is 5.69 Å². The maximum atomic E-state index is 10.8. The lowest BCUT2D eigenvalue weighted by Gasteiger charge is -2.08. The number of para-hydroxylation sites is 1. The summed E-state index contributed by atoms with van der Waals surface area (Å²) >= 11 is 0. The van der Waals surface area contributed by atoms with Crippen LogP contribution >= 0.6 is 32.4 Å². The predicted molar refractivity (Wildman–Crippen MR) is 60.5 cm³/mol. The summed E-state index contributed by atoms with van der Waals surface area (Å²) in [7, 11) is -3.14. The Balaban J connectivity index is 0. The maximum absolute atomic E-state index is 10.8. The Morgan fingerprint density at radius 2 is 1.54 bits per heavy atom. The molecule has 1 rings (SSSR count). The SMILES string of the molecule is Cl.Cl.NP(N)(=O)Nc1ccccc1. The Hall–Kier alpha value is -0.250. The van der Waals surface area contributed by atoms with Crippen molar-refractivity contribution in [1.82, 2.24) is 0 Å². The van der Waals surface area contributed by atoms with Gasteiger partial charge in [0.2, 0.25) is 0 Å². The Labute approximate surface area is 89.4 Å². The minimum atomic E-state index is -3.14. The van der Waals surface area contributed by atoms with Crippen LogP contribution < -0.4 is 16.1 Å². The Kier molecular flexibility index (Phi) is 7.31. The Bertz CT molecular complexity index is 276. The molecular formula is C6H12Cl2N3OP. The van der Waals surface area contributed by atoms with E-state index in [1.165, 1.54) is 0 Å². The Morgan fingerprint density at radius 1 is 1.08 bits per heavy atom. The van der Waals surface area contributed by atoms with Crippen LogP contribution in [0.15, 0.2) is 30.3 Å². The van der Waals surface area contributed by atoms with Crippen LogP contribution in [-0.2, 0) is 4.57 Å². The third-order valence-corrected chi connectivity index (χ3v) is 1.69. The number of rotatable bonds is 2. The molecule has 0 radical (unpaired) electrons. The van der Waals surface area contributed by atoms with Gasteiger partial charge in [0.25, 0.3) is 7.59 Å². The average Bonchev–Trinajstić information content (AvgIpc) is 1.85. The second kappa shape index (κ2) is 6.24. The molecule has 0 bridgehead atoms. The lowest BCUT2D eigenvalue weighted by atomic mass is 10.3. The summed E-state index contributed by atoms with van der Waals surface area (Å²) in [6.07, 6.45) is 0. The second-order valence-corrected chi connectivity index (χ2v) is 3.83. The summed E-state index contributed by atoms with van der Waals surface area (Å²) in [4.78, 5) is 0. The third kappa shape index (κ3) is 6.87. The van der Waals surface area contributed by atoms with Crippen LogP contribution in [0, 0.1) is 0 Å². The molecule has 0 atom stereocenters. The van der Waals surface area contributed by atoms with Gasteiger partial charge in [-0.05, 0) is 12.1 Å². The number of nitrogens with one attached hydrogen (secondary N) is 1. The predicted octanol–water partition coefficient (Wildman–Crippen LogP) is 1.97. The van der Waals surface area contributed by atoms with Crippen molar-refractivity contribution in [3.8, 4) is 0 Å². The average molecular weight is 244 g/mol. The first kappa shape index (κ1) is 15.2. The van der Waals surface area contributed by atoms with Crippen LogP contribution in [0.2, 0.25) is 0 Å². The molecule has 0 saturated carbocycles. The molecule has 1 aromatic carbocycles. The fourth-order valence-corrected chi connectivity index (χ4v) is 1.27. The molecule has 4 nitrogen and oxygen atoms in total. The smallest absolute Gasteiger partial charge is 0.298 e. The van der Waals surface area contributed by atoms with Gasteiger partial charge >= 0.3 is 0 Å². The van der Waals surface area contributed by atoms with E-state index < -0.39 is 7.59 Å². The molecule has 0 spiro atoms. The second-order valence-electron chi connectivity index (χ2n) is 2.19. The molecule has 0 unspecified atom stereocenters. The molecule has 0 fully saturated rings. The molecule has 0 saturated heterocycles. The van der Waals surface area contributed by atoms with Gasteiger partial charge in [0, 0.05) is 5.69 Å². The molecule has 5 N–H and O–H groups in total. The fraction of sp³-hybridized carbons (Fsp3) is 0. The first-order valence-electron chi connectivity index (χ1n) is 3.08. The zero-order valence-corrected chi connectivity index (χ0v) is 9.24. The Morgan fingerprint density at radius 3 is 1.92 bits per heavy atom. The quantitative estimate of drug-likeness (QED) is 0.694. The number of nitrogens with two attached hydrogens (primary N) is 2. The lowest BCUT2D eigenvalue weighted by molar-refractivity contribution is 0.580. The monoisotopic (exact) mass is 243 g/mol. The molecular weight excluding hydrogens is 232 g/mol. The molecule has 1 aromatic rings. The highest BCUT2D eigenvalue weighted by atomic mass is 35.5. The maximum Gasteiger partial charge on any atom is 0.298 e. The largest absolute Gasteiger partial charge is 0.313 e. The van der Waals surface area contributed by atoms with E-state index in [1.807, 2.05) is 6.07 Å². The van der Waals surface area contributed by atoms with Crippen LogP contribution in [-0.4, -0.2) is 0 Å². The number of anilines is 1. The summed E-state index contributed by atoms with van der Waals surface area (Å²) in [5, 5.41) is 2.49. The van der Waals surface area contributed by atoms with Crippen LogP contribution in [0.5, 0.6) is 0 Å². The highest BCUT2D eigenvalue weighted by Gasteiger charge is 2.05. The van der Waals surface area contributed by atoms with Crippen molar-refractivity contribution < 1.29 is 4.57 Å². The van der Waals surface area contributed by atoms with Crippen molar-refractivity contribution in [3.05, 3.63) is 30.3 Å². The van der Waals surface area contributed by atoms with Crippen LogP contribution in [0.25, 0.3) is 0 Å². The molecule has 0 amide bonds. The van der Waals surface area contributed by atoms with Crippen molar-refractivity contribution in [2.75, 3.05) is 5.09 Å². The van der Waals surface area contributed by atoms with Gasteiger partial charge in [0.15, 0.2) is 0 Å². The van der Waals surface area contributed by atoms with Gasteiger partial charge in [-0.2, -0.15) is 0 Å². The van der Waals surface area contributed by atoms with Gasteiger partial charge in [-0.25, -0.2) is 0 Å². The molecule has 0 aromatic heterocycles. The zero-order chi connectivity index (χ0) is 8.32. The van der Waals surface area contributed by atoms with E-state index in [-0.39, 0.29) is 24.8 Å². The van der Waals surface area contributed by atoms with Gasteiger partial charge in [0.1, 0.15) is 0 Å². The summed E-state index contributed by atoms with van der Waals surface area (Å²) in [5.41, 5.74) is 10.8. The molecule has 76 valence electrons. The van der Waals surface area contributed by atoms with Crippen LogP contribution in [0.3, 0.4) is 0 Å². The number of benzene rings is 1. The molecule has 13 heavy (non-hydrogen) atoms. The standard InChI is InChI=1S/C6H10N3OP.2ClH/c7-11(8,10)9-6-4-2-1-3-5-6;;/h1-5H,(H5,7,8,9,10);2*1H. The van der Waals surface area contributed by atoms with Crippen LogP contribution in [0.1, 0.15) is 0 Å². The van der Waals surface area contributed by atoms with Gasteiger partial charge in [0.05, 0.1) is 0 Å².